The van der Waals surface area contributed by atoms with E-state index in [9.17, 15) is 14.4 Å². The van der Waals surface area contributed by atoms with E-state index in [2.05, 4.69) is 4.74 Å². The molecule has 0 bridgehead atoms. The minimum atomic E-state index is -0.774. The van der Waals surface area contributed by atoms with Gasteiger partial charge in [0.1, 0.15) is 17.3 Å². The lowest BCUT2D eigenvalue weighted by atomic mass is 9.84. The van der Waals surface area contributed by atoms with E-state index in [4.69, 9.17) is 4.74 Å². The first-order valence-electron chi connectivity index (χ1n) is 6.72. The molecule has 6 nitrogen and oxygen atoms in total. The first-order chi connectivity index (χ1) is 9.15. The van der Waals surface area contributed by atoms with Crippen molar-refractivity contribution in [3.8, 4) is 0 Å². The number of hydrogen-bond donors (Lipinski definition) is 0. The molecule has 2 atom stereocenters. The molecule has 0 radical (unpaired) electrons. The number of carbonyl (C=O) groups excluding carboxylic acids is 3. The van der Waals surface area contributed by atoms with Crippen LogP contribution in [0.3, 0.4) is 0 Å². The Balaban J connectivity index is 2.70. The number of Topliss-reactive ketones (excluding diaryl/α,β-unsaturated/α-hetero) is 1. The van der Waals surface area contributed by atoms with Crippen molar-refractivity contribution in [2.45, 2.75) is 51.7 Å². The number of amides is 1. The monoisotopic (exact) mass is 285 g/mol. The summed E-state index contributed by atoms with van der Waals surface area (Å²) < 4.78 is 9.92. The first-order valence-corrected chi connectivity index (χ1v) is 6.72. The van der Waals surface area contributed by atoms with Crippen LogP contribution in [0.5, 0.6) is 0 Å². The van der Waals surface area contributed by atoms with E-state index < -0.39 is 23.6 Å². The second kappa shape index (κ2) is 6.24. The molecule has 0 aromatic heterocycles. The van der Waals surface area contributed by atoms with Gasteiger partial charge >= 0.3 is 12.1 Å². The summed E-state index contributed by atoms with van der Waals surface area (Å²) in [4.78, 5) is 36.7. The van der Waals surface area contributed by atoms with Crippen molar-refractivity contribution in [2.75, 3.05) is 14.2 Å². The van der Waals surface area contributed by atoms with Crippen molar-refractivity contribution in [2.24, 2.45) is 5.92 Å². The third-order valence-corrected chi connectivity index (χ3v) is 3.34. The highest BCUT2D eigenvalue weighted by atomic mass is 16.6. The summed E-state index contributed by atoms with van der Waals surface area (Å²) in [7, 11) is 2.89. The molecule has 114 valence electrons. The van der Waals surface area contributed by atoms with Gasteiger partial charge in [-0.25, -0.2) is 4.79 Å². The Morgan fingerprint density at radius 3 is 2.40 bits per heavy atom. The van der Waals surface area contributed by atoms with E-state index in [-0.39, 0.29) is 18.2 Å². The lowest BCUT2D eigenvalue weighted by molar-refractivity contribution is -0.151. The number of ketones is 1. The number of carbonyl (C=O) groups is 3. The molecule has 1 aliphatic carbocycles. The lowest BCUT2D eigenvalue weighted by Gasteiger charge is -2.34. The number of methoxy groups -OCH3 is 1. The minimum Gasteiger partial charge on any atom is -0.468 e. The van der Waals surface area contributed by atoms with E-state index in [0.29, 0.717) is 12.8 Å². The number of nitrogens with zero attached hydrogens (tertiary/aromatic N) is 1. The van der Waals surface area contributed by atoms with Crippen molar-refractivity contribution in [3.05, 3.63) is 0 Å². The van der Waals surface area contributed by atoms with Gasteiger partial charge in [-0.05, 0) is 33.6 Å². The number of rotatable bonds is 2. The lowest BCUT2D eigenvalue weighted by Crippen LogP contribution is -2.46. The van der Waals surface area contributed by atoms with Crippen LogP contribution in [0.2, 0.25) is 0 Å². The number of ether oxygens (including phenoxy) is 2. The van der Waals surface area contributed by atoms with Crippen LogP contribution in [0.25, 0.3) is 0 Å². The van der Waals surface area contributed by atoms with Gasteiger partial charge in [0.15, 0.2) is 0 Å². The molecule has 0 N–H and O–H groups in total. The largest absolute Gasteiger partial charge is 0.468 e. The fraction of sp³-hybridized carbons (Fsp3) is 0.786. The van der Waals surface area contributed by atoms with E-state index in [1.165, 1.54) is 12.0 Å². The summed E-state index contributed by atoms with van der Waals surface area (Å²) in [6, 6.07) is -0.188. The molecule has 2 unspecified atom stereocenters. The van der Waals surface area contributed by atoms with Crippen LogP contribution in [0.1, 0.15) is 40.0 Å². The van der Waals surface area contributed by atoms with Gasteiger partial charge in [-0.1, -0.05) is 0 Å². The Morgan fingerprint density at radius 1 is 1.30 bits per heavy atom. The maximum absolute atomic E-state index is 12.0. The smallest absolute Gasteiger partial charge is 0.410 e. The molecule has 1 amide bonds. The summed E-state index contributed by atoms with van der Waals surface area (Å²) >= 11 is 0. The normalized spacial score (nSPS) is 23.1. The molecule has 0 aliphatic heterocycles. The average molecular weight is 285 g/mol. The van der Waals surface area contributed by atoms with Crippen LogP contribution < -0.4 is 0 Å². The van der Waals surface area contributed by atoms with Crippen LogP contribution in [-0.2, 0) is 19.1 Å². The average Bonchev–Trinajstić information content (AvgIpc) is 2.35. The Hall–Kier alpha value is -1.59. The predicted molar refractivity (Wildman–Crippen MR) is 72.1 cm³/mol. The standard InChI is InChI=1S/C14H23NO5/c1-14(2,3)20-13(18)15(4)9-6-7-11(16)10(8-9)12(17)19-5/h9-10H,6-8H2,1-5H3. The summed E-state index contributed by atoms with van der Waals surface area (Å²) in [5, 5.41) is 0. The molecular weight excluding hydrogens is 262 g/mol. The van der Waals surface area contributed by atoms with E-state index in [1.807, 2.05) is 0 Å². The third kappa shape index (κ3) is 4.21. The Labute approximate surface area is 119 Å². The van der Waals surface area contributed by atoms with Crippen molar-refractivity contribution >= 4 is 17.8 Å². The van der Waals surface area contributed by atoms with Gasteiger partial charge in [-0.2, -0.15) is 0 Å². The Bertz CT molecular complexity index is 391. The van der Waals surface area contributed by atoms with Gasteiger partial charge in [-0.3, -0.25) is 9.59 Å². The van der Waals surface area contributed by atoms with Crippen molar-refractivity contribution < 1.29 is 23.9 Å². The molecular formula is C14H23NO5. The van der Waals surface area contributed by atoms with Crippen LogP contribution >= 0.6 is 0 Å². The maximum atomic E-state index is 12.0. The molecule has 1 rings (SSSR count). The molecule has 0 heterocycles. The van der Waals surface area contributed by atoms with Crippen LogP contribution in [-0.4, -0.2) is 48.5 Å². The van der Waals surface area contributed by atoms with Crippen molar-refractivity contribution in [1.29, 1.82) is 0 Å². The quantitative estimate of drug-likeness (QED) is 0.571. The number of hydrogen-bond acceptors (Lipinski definition) is 5. The topological polar surface area (TPSA) is 72.9 Å². The zero-order valence-electron chi connectivity index (χ0n) is 12.8. The molecule has 0 saturated heterocycles. The second-order valence-electron chi connectivity index (χ2n) is 6.06. The highest BCUT2D eigenvalue weighted by molar-refractivity contribution is 5.99. The van der Waals surface area contributed by atoms with Crippen molar-refractivity contribution in [1.82, 2.24) is 4.90 Å². The minimum absolute atomic E-state index is 0.120. The zero-order valence-corrected chi connectivity index (χ0v) is 12.8. The molecule has 6 heteroatoms. The van der Waals surface area contributed by atoms with Gasteiger partial charge in [0.2, 0.25) is 0 Å². The zero-order chi connectivity index (χ0) is 15.5. The molecule has 1 saturated carbocycles. The summed E-state index contributed by atoms with van der Waals surface area (Å²) in [6.45, 7) is 5.38. The fourth-order valence-corrected chi connectivity index (χ4v) is 2.21. The fourth-order valence-electron chi connectivity index (χ4n) is 2.21. The van der Waals surface area contributed by atoms with E-state index >= 15 is 0 Å². The van der Waals surface area contributed by atoms with Gasteiger partial charge in [0.25, 0.3) is 0 Å². The second-order valence-corrected chi connectivity index (χ2v) is 6.06. The van der Waals surface area contributed by atoms with Crippen LogP contribution in [0.4, 0.5) is 4.79 Å². The maximum Gasteiger partial charge on any atom is 0.410 e. The van der Waals surface area contributed by atoms with Gasteiger partial charge in [-0.15, -0.1) is 0 Å². The van der Waals surface area contributed by atoms with Gasteiger partial charge < -0.3 is 14.4 Å². The summed E-state index contributed by atoms with van der Waals surface area (Å²) in [6.07, 6.45) is 0.668. The van der Waals surface area contributed by atoms with Crippen LogP contribution in [0.15, 0.2) is 0 Å². The van der Waals surface area contributed by atoms with Gasteiger partial charge in [0.05, 0.1) is 7.11 Å². The highest BCUT2D eigenvalue weighted by Crippen LogP contribution is 2.26. The van der Waals surface area contributed by atoms with Crippen LogP contribution in [0, 0.1) is 5.92 Å². The summed E-state index contributed by atoms with van der Waals surface area (Å²) in [5.74, 6) is -1.42. The SMILES string of the molecule is COC(=O)C1CC(N(C)C(=O)OC(C)(C)C)CCC1=O. The molecule has 0 aromatic rings. The summed E-state index contributed by atoms with van der Waals surface area (Å²) in [5.41, 5.74) is -0.572. The molecule has 0 spiro atoms. The third-order valence-electron chi connectivity index (χ3n) is 3.34. The first kappa shape index (κ1) is 16.5. The van der Waals surface area contributed by atoms with Crippen molar-refractivity contribution in [3.63, 3.8) is 0 Å². The number of esters is 1. The molecule has 20 heavy (non-hydrogen) atoms. The van der Waals surface area contributed by atoms with E-state index in [1.54, 1.807) is 27.8 Å². The van der Waals surface area contributed by atoms with Gasteiger partial charge in [0, 0.05) is 19.5 Å². The predicted octanol–water partition coefficient (Wildman–Crippen LogP) is 1.76. The molecule has 1 fully saturated rings. The highest BCUT2D eigenvalue weighted by Gasteiger charge is 2.38. The molecule has 0 aromatic carbocycles. The Morgan fingerprint density at radius 2 is 1.90 bits per heavy atom. The van der Waals surface area contributed by atoms with E-state index in [0.717, 1.165) is 0 Å². The Kier molecular flexibility index (Phi) is 5.14. The molecule has 1 aliphatic rings.